The fourth-order valence-electron chi connectivity index (χ4n) is 7.32. The third-order valence-electron chi connectivity index (χ3n) is 8.38. The number of aliphatic hydroxyl groups excluding tert-OH is 1. The molecule has 4 fully saturated rings. The summed E-state index contributed by atoms with van der Waals surface area (Å²) in [6.45, 7) is 5.11. The fraction of sp³-hybridized carbons (Fsp3) is 1.00. The Labute approximate surface area is 124 Å². The maximum Gasteiger partial charge on any atom is 0.0576 e. The van der Waals surface area contributed by atoms with E-state index >= 15 is 0 Å². The van der Waals surface area contributed by atoms with Crippen molar-refractivity contribution in [2.45, 2.75) is 84.2 Å². The zero-order valence-corrected chi connectivity index (χ0v) is 13.4. The lowest BCUT2D eigenvalue weighted by Crippen LogP contribution is -2.53. The van der Waals surface area contributed by atoms with Crippen LogP contribution in [0.1, 0.15) is 78.1 Å². The van der Waals surface area contributed by atoms with Crippen LogP contribution in [-0.4, -0.2) is 11.2 Å². The standard InChI is InChI=1S/C19H32O/c1-18-11-8-15-14(17(18)16(20)9-12-18)7-6-13-5-3-4-10-19(13,15)2/h13-17,20H,3-12H2,1-2H3/t13-,14?,15?,16+,17?,18?,19?/m1/s1. The summed E-state index contributed by atoms with van der Waals surface area (Å²) in [5, 5.41) is 10.6. The van der Waals surface area contributed by atoms with Gasteiger partial charge in [-0.2, -0.15) is 0 Å². The van der Waals surface area contributed by atoms with Gasteiger partial charge in [-0.05, 0) is 85.9 Å². The Morgan fingerprint density at radius 2 is 1.65 bits per heavy atom. The summed E-state index contributed by atoms with van der Waals surface area (Å²) in [6, 6.07) is 0. The van der Waals surface area contributed by atoms with E-state index in [1.54, 1.807) is 0 Å². The number of rotatable bonds is 0. The van der Waals surface area contributed by atoms with Gasteiger partial charge in [-0.15, -0.1) is 0 Å². The predicted molar refractivity (Wildman–Crippen MR) is 82.4 cm³/mol. The highest BCUT2D eigenvalue weighted by Crippen LogP contribution is 2.66. The van der Waals surface area contributed by atoms with E-state index < -0.39 is 0 Å². The highest BCUT2D eigenvalue weighted by atomic mass is 16.3. The first kappa shape index (κ1) is 13.6. The second-order valence-corrected chi connectivity index (χ2v) is 9.12. The molecule has 4 rings (SSSR count). The second-order valence-electron chi connectivity index (χ2n) is 9.12. The predicted octanol–water partition coefficient (Wildman–Crippen LogP) is 4.78. The van der Waals surface area contributed by atoms with Crippen LogP contribution in [0.5, 0.6) is 0 Å². The number of hydrogen-bond acceptors (Lipinski definition) is 1. The van der Waals surface area contributed by atoms with E-state index in [0.29, 0.717) is 16.7 Å². The summed E-state index contributed by atoms with van der Waals surface area (Å²) in [5.74, 6) is 3.39. The highest BCUT2D eigenvalue weighted by molar-refractivity contribution is 5.08. The van der Waals surface area contributed by atoms with Gasteiger partial charge in [0.1, 0.15) is 0 Å². The Hall–Kier alpha value is -0.0400. The summed E-state index contributed by atoms with van der Waals surface area (Å²) in [5.41, 5.74) is 1.09. The van der Waals surface area contributed by atoms with Gasteiger partial charge in [0.25, 0.3) is 0 Å². The van der Waals surface area contributed by atoms with Crippen LogP contribution >= 0.6 is 0 Å². The van der Waals surface area contributed by atoms with E-state index in [0.717, 1.165) is 24.2 Å². The SMILES string of the molecule is CC12CCC3C(CC[C@H]4CCCCC34C)C1[C@@H](O)CC2. The second kappa shape index (κ2) is 4.48. The molecule has 7 atom stereocenters. The van der Waals surface area contributed by atoms with Crippen molar-refractivity contribution >= 4 is 0 Å². The molecule has 114 valence electrons. The molecule has 0 amide bonds. The van der Waals surface area contributed by atoms with Gasteiger partial charge >= 0.3 is 0 Å². The number of hydrogen-bond donors (Lipinski definition) is 1. The maximum absolute atomic E-state index is 10.6. The van der Waals surface area contributed by atoms with Crippen molar-refractivity contribution in [2.24, 2.45) is 34.5 Å². The van der Waals surface area contributed by atoms with Crippen LogP contribution in [0.4, 0.5) is 0 Å². The Bertz CT molecular complexity index is 391. The molecule has 0 aromatic heterocycles. The largest absolute Gasteiger partial charge is 0.393 e. The van der Waals surface area contributed by atoms with Crippen LogP contribution < -0.4 is 0 Å². The van der Waals surface area contributed by atoms with Gasteiger partial charge < -0.3 is 5.11 Å². The smallest absolute Gasteiger partial charge is 0.0576 e. The van der Waals surface area contributed by atoms with Crippen molar-refractivity contribution in [1.29, 1.82) is 0 Å². The highest BCUT2D eigenvalue weighted by Gasteiger charge is 2.59. The van der Waals surface area contributed by atoms with Gasteiger partial charge in [-0.25, -0.2) is 0 Å². The molecule has 1 N–H and O–H groups in total. The van der Waals surface area contributed by atoms with Crippen LogP contribution in [0.15, 0.2) is 0 Å². The molecule has 0 radical (unpaired) electrons. The third kappa shape index (κ3) is 1.71. The van der Waals surface area contributed by atoms with E-state index in [1.807, 2.05) is 0 Å². The summed E-state index contributed by atoms with van der Waals surface area (Å²) in [4.78, 5) is 0. The Morgan fingerprint density at radius 3 is 2.50 bits per heavy atom. The first-order chi connectivity index (χ1) is 9.55. The lowest BCUT2D eigenvalue weighted by molar-refractivity contribution is -0.122. The van der Waals surface area contributed by atoms with Crippen molar-refractivity contribution in [1.82, 2.24) is 0 Å². The minimum atomic E-state index is 0.0107. The molecule has 0 spiro atoms. The molecule has 1 nitrogen and oxygen atoms in total. The quantitative estimate of drug-likeness (QED) is 0.675. The molecule has 0 bridgehead atoms. The first-order valence-corrected chi connectivity index (χ1v) is 9.23. The minimum absolute atomic E-state index is 0.0107. The van der Waals surface area contributed by atoms with Crippen molar-refractivity contribution in [3.63, 3.8) is 0 Å². The summed E-state index contributed by atoms with van der Waals surface area (Å²) < 4.78 is 0. The van der Waals surface area contributed by atoms with Gasteiger partial charge in [-0.3, -0.25) is 0 Å². The van der Waals surface area contributed by atoms with Gasteiger partial charge in [0, 0.05) is 0 Å². The van der Waals surface area contributed by atoms with Crippen molar-refractivity contribution < 1.29 is 5.11 Å². The Morgan fingerprint density at radius 1 is 0.850 bits per heavy atom. The normalized spacial score (nSPS) is 58.6. The summed E-state index contributed by atoms with van der Waals surface area (Å²) in [6.07, 6.45) is 14.0. The molecule has 4 aliphatic rings. The molecule has 1 heteroatoms. The number of aliphatic hydroxyl groups is 1. The monoisotopic (exact) mass is 276 g/mol. The van der Waals surface area contributed by atoms with Gasteiger partial charge in [-0.1, -0.05) is 26.7 Å². The molecule has 0 heterocycles. The minimum Gasteiger partial charge on any atom is -0.393 e. The molecule has 4 aliphatic carbocycles. The molecule has 0 aromatic carbocycles. The van der Waals surface area contributed by atoms with Crippen molar-refractivity contribution in [2.75, 3.05) is 0 Å². The molecule has 0 saturated heterocycles. The van der Waals surface area contributed by atoms with Crippen LogP contribution in [0.2, 0.25) is 0 Å². The van der Waals surface area contributed by atoms with Crippen LogP contribution in [0.25, 0.3) is 0 Å². The van der Waals surface area contributed by atoms with E-state index in [-0.39, 0.29) is 6.10 Å². The van der Waals surface area contributed by atoms with E-state index in [1.165, 1.54) is 57.8 Å². The lowest BCUT2D eigenvalue weighted by atomic mass is 9.45. The topological polar surface area (TPSA) is 20.2 Å². The first-order valence-electron chi connectivity index (χ1n) is 9.23. The van der Waals surface area contributed by atoms with Gasteiger partial charge in [0.15, 0.2) is 0 Å². The molecule has 20 heavy (non-hydrogen) atoms. The zero-order chi connectivity index (χ0) is 14.0. The van der Waals surface area contributed by atoms with Crippen LogP contribution in [0, 0.1) is 34.5 Å². The van der Waals surface area contributed by atoms with Crippen LogP contribution in [-0.2, 0) is 0 Å². The van der Waals surface area contributed by atoms with Crippen LogP contribution in [0.3, 0.4) is 0 Å². The lowest BCUT2D eigenvalue weighted by Gasteiger charge is -2.60. The van der Waals surface area contributed by atoms with Gasteiger partial charge in [0.05, 0.1) is 6.10 Å². The fourth-order valence-corrected chi connectivity index (χ4v) is 7.32. The molecule has 5 unspecified atom stereocenters. The van der Waals surface area contributed by atoms with E-state index in [9.17, 15) is 5.11 Å². The van der Waals surface area contributed by atoms with Crippen molar-refractivity contribution in [3.8, 4) is 0 Å². The molecule has 0 aromatic rings. The van der Waals surface area contributed by atoms with Crippen molar-refractivity contribution in [3.05, 3.63) is 0 Å². The average Bonchev–Trinajstić information content (AvgIpc) is 2.74. The number of fused-ring (bicyclic) bond motifs is 5. The molecular formula is C19H32O. The Balaban J connectivity index is 1.66. The zero-order valence-electron chi connectivity index (χ0n) is 13.4. The molecule has 4 saturated carbocycles. The van der Waals surface area contributed by atoms with E-state index in [2.05, 4.69) is 13.8 Å². The summed E-state index contributed by atoms with van der Waals surface area (Å²) in [7, 11) is 0. The molecular weight excluding hydrogens is 244 g/mol. The maximum atomic E-state index is 10.6. The summed E-state index contributed by atoms with van der Waals surface area (Å²) >= 11 is 0. The Kier molecular flexibility index (Phi) is 3.05. The average molecular weight is 276 g/mol. The van der Waals surface area contributed by atoms with E-state index in [4.69, 9.17) is 0 Å². The van der Waals surface area contributed by atoms with Gasteiger partial charge in [0.2, 0.25) is 0 Å². The molecule has 0 aliphatic heterocycles. The third-order valence-corrected chi connectivity index (χ3v) is 8.38.